The fourth-order valence-corrected chi connectivity index (χ4v) is 0.750. The van der Waals surface area contributed by atoms with Crippen LogP contribution in [0.3, 0.4) is 0 Å². The molecule has 0 saturated carbocycles. The average molecular weight is 185 g/mol. The van der Waals surface area contributed by atoms with E-state index in [1.807, 2.05) is 0 Å². The predicted molar refractivity (Wildman–Crippen MR) is 48.8 cm³/mol. The number of ether oxygens (including phenoxy) is 1. The number of carbonyl (C=O) groups excluding carboxylic acids is 2. The van der Waals surface area contributed by atoms with Gasteiger partial charge >= 0.3 is 5.97 Å². The lowest BCUT2D eigenvalue weighted by Gasteiger charge is -2.06. The minimum Gasteiger partial charge on any atom is -0.463 e. The Balaban J connectivity index is 4.41. The number of esters is 1. The third kappa shape index (κ3) is 4.30. The van der Waals surface area contributed by atoms with Crippen molar-refractivity contribution in [2.75, 3.05) is 6.61 Å². The first kappa shape index (κ1) is 11.7. The van der Waals surface area contributed by atoms with Gasteiger partial charge in [0, 0.05) is 12.6 Å². The van der Waals surface area contributed by atoms with Crippen LogP contribution in [0.2, 0.25) is 0 Å². The number of allylic oxidation sites excluding steroid dienone is 1. The van der Waals surface area contributed by atoms with Crippen molar-refractivity contribution in [3.05, 3.63) is 11.3 Å². The largest absolute Gasteiger partial charge is 0.463 e. The molecule has 0 aromatic heterocycles. The second-order valence-corrected chi connectivity index (χ2v) is 2.65. The van der Waals surface area contributed by atoms with Gasteiger partial charge in [0.1, 0.15) is 0 Å². The standard InChI is InChI=1S/C9H15NO3/c1-5-13-9(12)6(2)7(3)10-8(4)11/h5H2,1-4H3,(H,10,11). The molecule has 4 heteroatoms. The van der Waals surface area contributed by atoms with Crippen LogP contribution in [0.25, 0.3) is 0 Å². The molecule has 0 aromatic carbocycles. The lowest BCUT2D eigenvalue weighted by Crippen LogP contribution is -2.21. The summed E-state index contributed by atoms with van der Waals surface area (Å²) in [6.45, 7) is 6.74. The maximum atomic E-state index is 11.1. The van der Waals surface area contributed by atoms with E-state index in [1.165, 1.54) is 6.92 Å². The van der Waals surface area contributed by atoms with Crippen LogP contribution in [0.15, 0.2) is 11.3 Å². The quantitative estimate of drug-likeness (QED) is 0.526. The van der Waals surface area contributed by atoms with Crippen LogP contribution in [-0.2, 0) is 14.3 Å². The molecule has 0 atom stereocenters. The summed E-state index contributed by atoms with van der Waals surface area (Å²) < 4.78 is 4.76. The maximum Gasteiger partial charge on any atom is 0.335 e. The molecular formula is C9H15NO3. The highest BCUT2D eigenvalue weighted by molar-refractivity contribution is 5.89. The Bertz CT molecular complexity index is 243. The molecule has 0 aromatic rings. The molecular weight excluding hydrogens is 170 g/mol. The van der Waals surface area contributed by atoms with Crippen molar-refractivity contribution in [2.24, 2.45) is 0 Å². The Morgan fingerprint density at radius 3 is 2.15 bits per heavy atom. The van der Waals surface area contributed by atoms with E-state index in [1.54, 1.807) is 20.8 Å². The third-order valence-electron chi connectivity index (χ3n) is 1.51. The van der Waals surface area contributed by atoms with Crippen LogP contribution in [0.1, 0.15) is 27.7 Å². The molecule has 0 spiro atoms. The number of rotatable bonds is 3. The zero-order valence-electron chi connectivity index (χ0n) is 8.43. The van der Waals surface area contributed by atoms with Crippen molar-refractivity contribution in [1.82, 2.24) is 5.32 Å². The predicted octanol–water partition coefficient (Wildman–Crippen LogP) is 0.980. The number of hydrogen-bond donors (Lipinski definition) is 1. The van der Waals surface area contributed by atoms with Gasteiger partial charge in [0.25, 0.3) is 0 Å². The minimum atomic E-state index is -0.395. The van der Waals surface area contributed by atoms with Gasteiger partial charge in [-0.25, -0.2) is 4.79 Å². The van der Waals surface area contributed by atoms with Crippen LogP contribution in [-0.4, -0.2) is 18.5 Å². The van der Waals surface area contributed by atoms with Gasteiger partial charge in [-0.2, -0.15) is 0 Å². The van der Waals surface area contributed by atoms with E-state index in [9.17, 15) is 9.59 Å². The summed E-state index contributed by atoms with van der Waals surface area (Å²) in [5, 5.41) is 2.52. The van der Waals surface area contributed by atoms with Gasteiger partial charge in [0.2, 0.25) is 5.91 Å². The fourth-order valence-electron chi connectivity index (χ4n) is 0.750. The smallest absolute Gasteiger partial charge is 0.335 e. The zero-order valence-corrected chi connectivity index (χ0v) is 8.43. The molecule has 0 aliphatic rings. The normalized spacial score (nSPS) is 11.7. The van der Waals surface area contributed by atoms with Gasteiger partial charge < -0.3 is 10.1 Å². The molecule has 0 aliphatic carbocycles. The molecule has 1 N–H and O–H groups in total. The molecule has 1 amide bonds. The van der Waals surface area contributed by atoms with Gasteiger partial charge in [-0.3, -0.25) is 4.79 Å². The first-order valence-corrected chi connectivity index (χ1v) is 4.11. The third-order valence-corrected chi connectivity index (χ3v) is 1.51. The Hall–Kier alpha value is -1.32. The summed E-state index contributed by atoms with van der Waals surface area (Å²) in [4.78, 5) is 21.8. The Morgan fingerprint density at radius 1 is 1.23 bits per heavy atom. The van der Waals surface area contributed by atoms with E-state index in [4.69, 9.17) is 4.74 Å². The summed E-state index contributed by atoms with van der Waals surface area (Å²) in [5.41, 5.74) is 0.961. The SMILES string of the molecule is CCOC(=O)C(C)=C(C)NC(C)=O. The summed E-state index contributed by atoms with van der Waals surface area (Å²) >= 11 is 0. The number of nitrogens with one attached hydrogen (secondary N) is 1. The minimum absolute atomic E-state index is 0.193. The van der Waals surface area contributed by atoms with Crippen molar-refractivity contribution >= 4 is 11.9 Å². The average Bonchev–Trinajstić information content (AvgIpc) is 2.02. The monoisotopic (exact) mass is 185 g/mol. The highest BCUT2D eigenvalue weighted by atomic mass is 16.5. The van der Waals surface area contributed by atoms with Crippen LogP contribution in [0.5, 0.6) is 0 Å². The summed E-state index contributed by atoms with van der Waals surface area (Å²) in [6.07, 6.45) is 0. The van der Waals surface area contributed by atoms with Crippen molar-refractivity contribution in [2.45, 2.75) is 27.7 Å². The first-order valence-electron chi connectivity index (χ1n) is 4.11. The van der Waals surface area contributed by atoms with Gasteiger partial charge in [0.15, 0.2) is 0 Å². The number of hydrogen-bond acceptors (Lipinski definition) is 3. The molecule has 0 saturated heterocycles. The Morgan fingerprint density at radius 2 is 1.77 bits per heavy atom. The first-order chi connectivity index (χ1) is 5.99. The van der Waals surface area contributed by atoms with E-state index in [2.05, 4.69) is 5.32 Å². The highest BCUT2D eigenvalue weighted by Crippen LogP contribution is 2.02. The van der Waals surface area contributed by atoms with Gasteiger partial charge in [0.05, 0.1) is 12.2 Å². The molecule has 0 fully saturated rings. The molecule has 74 valence electrons. The molecule has 0 rings (SSSR count). The molecule has 0 unspecified atom stereocenters. The van der Waals surface area contributed by atoms with Gasteiger partial charge in [-0.15, -0.1) is 0 Å². The molecule has 0 bridgehead atoms. The summed E-state index contributed by atoms with van der Waals surface area (Å²) in [7, 11) is 0. The summed E-state index contributed by atoms with van der Waals surface area (Å²) in [6, 6.07) is 0. The van der Waals surface area contributed by atoms with E-state index in [0.29, 0.717) is 17.9 Å². The molecule has 0 heterocycles. The molecule has 0 aliphatic heterocycles. The second-order valence-electron chi connectivity index (χ2n) is 2.65. The lowest BCUT2D eigenvalue weighted by molar-refractivity contribution is -0.138. The number of amides is 1. The van der Waals surface area contributed by atoms with Crippen LogP contribution in [0.4, 0.5) is 0 Å². The Labute approximate surface area is 78.0 Å². The van der Waals surface area contributed by atoms with Crippen LogP contribution >= 0.6 is 0 Å². The molecule has 4 nitrogen and oxygen atoms in total. The maximum absolute atomic E-state index is 11.1. The van der Waals surface area contributed by atoms with E-state index >= 15 is 0 Å². The van der Waals surface area contributed by atoms with E-state index in [0.717, 1.165) is 0 Å². The van der Waals surface area contributed by atoms with Gasteiger partial charge in [-0.05, 0) is 20.8 Å². The molecule has 0 radical (unpaired) electrons. The van der Waals surface area contributed by atoms with Crippen molar-refractivity contribution in [3.63, 3.8) is 0 Å². The van der Waals surface area contributed by atoms with Crippen molar-refractivity contribution in [1.29, 1.82) is 0 Å². The Kier molecular flexibility index (Phi) is 4.80. The summed E-state index contributed by atoms with van der Waals surface area (Å²) in [5.74, 6) is -0.588. The van der Waals surface area contributed by atoms with Crippen molar-refractivity contribution < 1.29 is 14.3 Å². The van der Waals surface area contributed by atoms with Crippen LogP contribution < -0.4 is 5.32 Å². The van der Waals surface area contributed by atoms with Gasteiger partial charge in [-0.1, -0.05) is 0 Å². The zero-order chi connectivity index (χ0) is 10.4. The lowest BCUT2D eigenvalue weighted by atomic mass is 10.2. The number of carbonyl (C=O) groups is 2. The topological polar surface area (TPSA) is 55.4 Å². The molecule has 13 heavy (non-hydrogen) atoms. The van der Waals surface area contributed by atoms with Crippen molar-refractivity contribution in [3.8, 4) is 0 Å². The highest BCUT2D eigenvalue weighted by Gasteiger charge is 2.08. The fraction of sp³-hybridized carbons (Fsp3) is 0.556. The second kappa shape index (κ2) is 5.35. The van der Waals surface area contributed by atoms with Crippen LogP contribution in [0, 0.1) is 0 Å². The van der Waals surface area contributed by atoms with E-state index < -0.39 is 5.97 Å². The van der Waals surface area contributed by atoms with E-state index in [-0.39, 0.29) is 5.91 Å².